The molecule has 0 bridgehead atoms. The normalized spacial score (nSPS) is 12.6. The van der Waals surface area contributed by atoms with Crippen LogP contribution in [0.25, 0.3) is 0 Å². The Balaban J connectivity index is 2.31. The van der Waals surface area contributed by atoms with E-state index < -0.39 is 0 Å². The van der Waals surface area contributed by atoms with Gasteiger partial charge in [0.15, 0.2) is 0 Å². The van der Waals surface area contributed by atoms with Crippen LogP contribution in [0, 0.1) is 0 Å². The van der Waals surface area contributed by atoms with E-state index in [9.17, 15) is 0 Å². The van der Waals surface area contributed by atoms with Gasteiger partial charge in [-0.05, 0) is 25.2 Å². The third kappa shape index (κ3) is 1.65. The van der Waals surface area contributed by atoms with Crippen molar-refractivity contribution >= 4 is 0 Å². The quantitative estimate of drug-likeness (QED) is 0.758. The zero-order valence-electron chi connectivity index (χ0n) is 7.94. The number of hydrogen-bond acceptors (Lipinski definition) is 3. The van der Waals surface area contributed by atoms with E-state index in [1.165, 1.54) is 0 Å². The van der Waals surface area contributed by atoms with Gasteiger partial charge in [0.25, 0.3) is 0 Å². The fourth-order valence-corrected chi connectivity index (χ4v) is 1.46. The fraction of sp³-hybridized carbons (Fsp3) is 0.200. The fourth-order valence-electron chi connectivity index (χ4n) is 1.46. The number of aromatic amines is 1. The average molecular weight is 188 g/mol. The highest BCUT2D eigenvalue weighted by molar-refractivity contribution is 5.20. The Bertz CT molecular complexity index is 368. The first-order valence-electron chi connectivity index (χ1n) is 4.48. The summed E-state index contributed by atoms with van der Waals surface area (Å²) >= 11 is 0. The molecule has 0 saturated carbocycles. The third-order valence-electron chi connectivity index (χ3n) is 2.12. The molecular weight excluding hydrogens is 176 g/mol. The van der Waals surface area contributed by atoms with E-state index in [1.54, 1.807) is 12.5 Å². The lowest BCUT2D eigenvalue weighted by molar-refractivity contribution is 0.653. The topological polar surface area (TPSA) is 53.6 Å². The summed E-state index contributed by atoms with van der Waals surface area (Å²) < 4.78 is 0. The van der Waals surface area contributed by atoms with Crippen molar-refractivity contribution in [2.45, 2.75) is 6.04 Å². The second-order valence-corrected chi connectivity index (χ2v) is 2.98. The van der Waals surface area contributed by atoms with Gasteiger partial charge in [-0.2, -0.15) is 0 Å². The molecular formula is C10H12N4. The Labute approximate surface area is 82.4 Å². The van der Waals surface area contributed by atoms with Gasteiger partial charge >= 0.3 is 0 Å². The van der Waals surface area contributed by atoms with Crippen molar-refractivity contribution in [1.82, 2.24) is 20.3 Å². The summed E-state index contributed by atoms with van der Waals surface area (Å²) in [5.74, 6) is 0. The summed E-state index contributed by atoms with van der Waals surface area (Å²) in [5.41, 5.74) is 2.07. The molecule has 0 radical (unpaired) electrons. The summed E-state index contributed by atoms with van der Waals surface area (Å²) in [4.78, 5) is 11.3. The van der Waals surface area contributed by atoms with Crippen LogP contribution in [0.2, 0.25) is 0 Å². The molecule has 2 heterocycles. The van der Waals surface area contributed by atoms with Gasteiger partial charge in [0.05, 0.1) is 11.7 Å². The van der Waals surface area contributed by atoms with Crippen LogP contribution in [0.5, 0.6) is 0 Å². The summed E-state index contributed by atoms with van der Waals surface area (Å²) in [5, 5.41) is 3.20. The highest BCUT2D eigenvalue weighted by atomic mass is 15.0. The molecule has 2 aromatic heterocycles. The monoisotopic (exact) mass is 188 g/mol. The minimum absolute atomic E-state index is 0.105. The molecule has 0 amide bonds. The highest BCUT2D eigenvalue weighted by Gasteiger charge is 2.12. The van der Waals surface area contributed by atoms with Crippen LogP contribution in [0.3, 0.4) is 0 Å². The minimum atomic E-state index is 0.105. The first kappa shape index (κ1) is 8.90. The number of nitrogens with zero attached hydrogens (tertiary/aromatic N) is 2. The minimum Gasteiger partial charge on any atom is -0.363 e. The molecule has 14 heavy (non-hydrogen) atoms. The number of nitrogens with one attached hydrogen (secondary N) is 2. The molecule has 0 aliphatic heterocycles. The maximum atomic E-state index is 4.21. The van der Waals surface area contributed by atoms with Gasteiger partial charge in [-0.3, -0.25) is 0 Å². The Morgan fingerprint density at radius 3 is 2.93 bits per heavy atom. The molecule has 0 aliphatic rings. The van der Waals surface area contributed by atoms with Crippen LogP contribution in [-0.2, 0) is 0 Å². The summed E-state index contributed by atoms with van der Waals surface area (Å²) in [6.45, 7) is 0. The molecule has 0 aliphatic carbocycles. The Hall–Kier alpha value is -1.68. The lowest BCUT2D eigenvalue weighted by Gasteiger charge is -2.13. The van der Waals surface area contributed by atoms with Gasteiger partial charge in [0, 0.05) is 18.1 Å². The summed E-state index contributed by atoms with van der Waals surface area (Å²) in [6, 6.07) is 6.01. The van der Waals surface area contributed by atoms with Crippen LogP contribution in [0.15, 0.2) is 36.9 Å². The van der Waals surface area contributed by atoms with Crippen molar-refractivity contribution < 1.29 is 0 Å². The van der Waals surface area contributed by atoms with Crippen LogP contribution < -0.4 is 5.32 Å². The van der Waals surface area contributed by atoms with Gasteiger partial charge in [-0.25, -0.2) is 9.97 Å². The molecule has 0 saturated heterocycles. The lowest BCUT2D eigenvalue weighted by atomic mass is 10.1. The van der Waals surface area contributed by atoms with Gasteiger partial charge in [-0.15, -0.1) is 0 Å². The molecule has 4 heteroatoms. The van der Waals surface area contributed by atoms with Crippen molar-refractivity contribution in [2.24, 2.45) is 0 Å². The number of aromatic nitrogens is 3. The van der Waals surface area contributed by atoms with Crippen molar-refractivity contribution in [3.63, 3.8) is 0 Å². The molecule has 0 fully saturated rings. The van der Waals surface area contributed by atoms with Gasteiger partial charge < -0.3 is 10.3 Å². The molecule has 2 rings (SSSR count). The second kappa shape index (κ2) is 4.02. The maximum Gasteiger partial charge on any atom is 0.115 e. The predicted molar refractivity (Wildman–Crippen MR) is 53.7 cm³/mol. The van der Waals surface area contributed by atoms with Crippen LogP contribution in [0.4, 0.5) is 0 Å². The lowest BCUT2D eigenvalue weighted by Crippen LogP contribution is -2.19. The molecule has 0 spiro atoms. The first-order chi connectivity index (χ1) is 6.92. The average Bonchev–Trinajstić information content (AvgIpc) is 2.74. The smallest absolute Gasteiger partial charge is 0.115 e. The van der Waals surface area contributed by atoms with Crippen LogP contribution in [0.1, 0.15) is 17.4 Å². The van der Waals surface area contributed by atoms with Crippen LogP contribution in [-0.4, -0.2) is 22.0 Å². The Kier molecular flexibility index (Phi) is 2.55. The highest BCUT2D eigenvalue weighted by Crippen LogP contribution is 2.16. The van der Waals surface area contributed by atoms with E-state index in [4.69, 9.17) is 0 Å². The van der Waals surface area contributed by atoms with Crippen molar-refractivity contribution in [2.75, 3.05) is 7.05 Å². The largest absolute Gasteiger partial charge is 0.363 e. The van der Waals surface area contributed by atoms with Crippen molar-refractivity contribution in [3.8, 4) is 0 Å². The third-order valence-corrected chi connectivity index (χ3v) is 2.12. The summed E-state index contributed by atoms with van der Waals surface area (Å²) in [6.07, 6.45) is 5.21. The number of H-pyrrole nitrogens is 1. The van der Waals surface area contributed by atoms with E-state index in [0.717, 1.165) is 11.4 Å². The van der Waals surface area contributed by atoms with Gasteiger partial charge in [-0.1, -0.05) is 0 Å². The predicted octanol–water partition coefficient (Wildman–Crippen LogP) is 1.11. The van der Waals surface area contributed by atoms with Gasteiger partial charge in [0.2, 0.25) is 0 Å². The van der Waals surface area contributed by atoms with E-state index >= 15 is 0 Å². The number of rotatable bonds is 3. The molecule has 1 atom stereocenters. The molecule has 2 aromatic rings. The molecule has 72 valence electrons. The molecule has 2 N–H and O–H groups in total. The van der Waals surface area contributed by atoms with Gasteiger partial charge in [0.1, 0.15) is 6.33 Å². The van der Waals surface area contributed by atoms with E-state index in [0.29, 0.717) is 0 Å². The van der Waals surface area contributed by atoms with E-state index in [1.807, 2.05) is 31.4 Å². The number of hydrogen-bond donors (Lipinski definition) is 2. The van der Waals surface area contributed by atoms with Crippen molar-refractivity contribution in [3.05, 3.63) is 48.3 Å². The van der Waals surface area contributed by atoms with E-state index in [2.05, 4.69) is 20.3 Å². The second-order valence-electron chi connectivity index (χ2n) is 2.98. The zero-order valence-corrected chi connectivity index (χ0v) is 7.94. The van der Waals surface area contributed by atoms with E-state index in [-0.39, 0.29) is 6.04 Å². The maximum absolute atomic E-state index is 4.21. The molecule has 4 nitrogen and oxygen atoms in total. The SMILES string of the molecule is CNC(c1ccncn1)c1ccc[nH]1. The molecule has 0 aromatic carbocycles. The standard InChI is InChI=1S/C10H12N4/c1-11-10(8-3-2-5-13-8)9-4-6-12-7-14-9/h2-7,10-11,13H,1H3. The van der Waals surface area contributed by atoms with Crippen LogP contribution >= 0.6 is 0 Å². The Morgan fingerprint density at radius 1 is 1.43 bits per heavy atom. The van der Waals surface area contributed by atoms with Crippen molar-refractivity contribution in [1.29, 1.82) is 0 Å². The zero-order chi connectivity index (χ0) is 9.80. The summed E-state index contributed by atoms with van der Waals surface area (Å²) in [7, 11) is 1.91. The Morgan fingerprint density at radius 2 is 2.36 bits per heavy atom. The first-order valence-corrected chi connectivity index (χ1v) is 4.48. The molecule has 1 unspecified atom stereocenters.